The van der Waals surface area contributed by atoms with Crippen LogP contribution in [0.25, 0.3) is 0 Å². The van der Waals surface area contributed by atoms with Crippen LogP contribution in [-0.2, 0) is 14.8 Å². The molecule has 1 unspecified atom stereocenters. The maximum absolute atomic E-state index is 11.2. The molecule has 1 fully saturated rings. The first-order chi connectivity index (χ1) is 9.93. The summed E-state index contributed by atoms with van der Waals surface area (Å²) in [5.74, 6) is 2.03. The highest BCUT2D eigenvalue weighted by molar-refractivity contribution is 7.89. The van der Waals surface area contributed by atoms with Gasteiger partial charge in [-0.05, 0) is 19.4 Å². The third-order valence-electron chi connectivity index (χ3n) is 2.90. The van der Waals surface area contributed by atoms with Crippen molar-refractivity contribution >= 4 is 16.0 Å². The SMILES string of the molecule is CCC#CNS(=O)(=O)CCCCC.O=C(O)C1CCNC1. The zero-order valence-corrected chi connectivity index (χ0v) is 13.6. The average molecular weight is 318 g/mol. The average Bonchev–Trinajstić information content (AvgIpc) is 2.94. The molecule has 0 aromatic rings. The molecule has 0 aliphatic carbocycles. The summed E-state index contributed by atoms with van der Waals surface area (Å²) >= 11 is 0. The number of unbranched alkanes of at least 4 members (excludes halogenated alkanes) is 2. The zero-order valence-electron chi connectivity index (χ0n) is 12.8. The molecule has 0 spiro atoms. The van der Waals surface area contributed by atoms with E-state index in [4.69, 9.17) is 5.11 Å². The van der Waals surface area contributed by atoms with E-state index in [9.17, 15) is 13.2 Å². The molecule has 7 heteroatoms. The number of carbonyl (C=O) groups is 1. The van der Waals surface area contributed by atoms with Gasteiger partial charge in [0.15, 0.2) is 0 Å². The van der Waals surface area contributed by atoms with E-state index in [2.05, 4.69) is 22.0 Å². The molecule has 0 aromatic carbocycles. The maximum Gasteiger partial charge on any atom is 0.307 e. The fraction of sp³-hybridized carbons (Fsp3) is 0.786. The lowest BCUT2D eigenvalue weighted by atomic mass is 10.1. The summed E-state index contributed by atoms with van der Waals surface area (Å²) < 4.78 is 24.6. The van der Waals surface area contributed by atoms with E-state index >= 15 is 0 Å². The van der Waals surface area contributed by atoms with Crippen LogP contribution in [0.1, 0.15) is 46.0 Å². The summed E-state index contributed by atoms with van der Waals surface area (Å²) in [6.07, 6.45) is 4.13. The number of hydrogen-bond acceptors (Lipinski definition) is 4. The molecular formula is C14H26N2O4S. The van der Waals surface area contributed by atoms with Crippen molar-refractivity contribution in [1.82, 2.24) is 10.0 Å². The Balaban J connectivity index is 0.000000423. The second kappa shape index (κ2) is 11.4. The molecule has 0 amide bonds. The number of sulfonamides is 1. The van der Waals surface area contributed by atoms with Crippen molar-refractivity contribution in [3.8, 4) is 12.0 Å². The minimum Gasteiger partial charge on any atom is -0.481 e. The summed E-state index contributed by atoms with van der Waals surface area (Å²) in [5, 5.41) is 11.3. The molecule has 1 aliphatic heterocycles. The van der Waals surface area contributed by atoms with Gasteiger partial charge < -0.3 is 10.4 Å². The minimum atomic E-state index is -3.15. The van der Waals surface area contributed by atoms with Gasteiger partial charge in [0, 0.05) is 19.0 Å². The highest BCUT2D eigenvalue weighted by Gasteiger charge is 2.20. The number of nitrogens with one attached hydrogen (secondary N) is 2. The molecule has 1 rings (SSSR count). The maximum atomic E-state index is 11.2. The smallest absolute Gasteiger partial charge is 0.307 e. The van der Waals surface area contributed by atoms with Crippen molar-refractivity contribution in [2.45, 2.75) is 46.0 Å². The molecule has 122 valence electrons. The first kappa shape index (κ1) is 19.7. The standard InChI is InChI=1S/C9H17NO2S.C5H9NO2/c1-3-5-7-9-13(11,12)10-8-6-4-2;7-5(8)4-1-2-6-3-4/h10H,3-5,7,9H2,1-2H3;4,6H,1-3H2,(H,7,8). The number of carboxylic acids is 1. The summed E-state index contributed by atoms with van der Waals surface area (Å²) in [5.41, 5.74) is 0. The Kier molecular flexibility index (Phi) is 10.7. The van der Waals surface area contributed by atoms with E-state index in [0.29, 0.717) is 19.4 Å². The predicted octanol–water partition coefficient (Wildman–Crippen LogP) is 1.15. The lowest BCUT2D eigenvalue weighted by molar-refractivity contribution is -0.140. The number of aliphatic carboxylic acids is 1. The van der Waals surface area contributed by atoms with Crippen LogP contribution >= 0.6 is 0 Å². The van der Waals surface area contributed by atoms with Crippen LogP contribution in [0.15, 0.2) is 0 Å². The van der Waals surface area contributed by atoms with E-state index in [1.54, 1.807) is 0 Å². The van der Waals surface area contributed by atoms with Crippen LogP contribution in [0.5, 0.6) is 0 Å². The van der Waals surface area contributed by atoms with E-state index < -0.39 is 16.0 Å². The zero-order chi connectivity index (χ0) is 16.1. The van der Waals surface area contributed by atoms with Gasteiger partial charge in [-0.15, -0.1) is 0 Å². The van der Waals surface area contributed by atoms with Gasteiger partial charge in [-0.3, -0.25) is 4.79 Å². The first-order valence-corrected chi connectivity index (χ1v) is 8.99. The van der Waals surface area contributed by atoms with Gasteiger partial charge in [-0.1, -0.05) is 32.6 Å². The van der Waals surface area contributed by atoms with Gasteiger partial charge in [0.25, 0.3) is 0 Å². The minimum absolute atomic E-state index is 0.130. The Labute approximate surface area is 127 Å². The van der Waals surface area contributed by atoms with Crippen molar-refractivity contribution in [1.29, 1.82) is 0 Å². The summed E-state index contributed by atoms with van der Waals surface area (Å²) in [7, 11) is -3.15. The van der Waals surface area contributed by atoms with E-state index in [-0.39, 0.29) is 11.7 Å². The lowest BCUT2D eigenvalue weighted by Gasteiger charge is -2.00. The normalized spacial score (nSPS) is 17.1. The van der Waals surface area contributed by atoms with Crippen molar-refractivity contribution in [2.24, 2.45) is 5.92 Å². The molecule has 1 atom stereocenters. The van der Waals surface area contributed by atoms with Crippen molar-refractivity contribution in [2.75, 3.05) is 18.8 Å². The second-order valence-corrected chi connectivity index (χ2v) is 6.65. The Morgan fingerprint density at radius 3 is 2.52 bits per heavy atom. The molecule has 1 aliphatic rings. The van der Waals surface area contributed by atoms with E-state index in [1.165, 1.54) is 0 Å². The molecular weight excluding hydrogens is 292 g/mol. The molecule has 0 saturated carbocycles. The van der Waals surface area contributed by atoms with Crippen LogP contribution in [-0.4, -0.2) is 38.3 Å². The number of rotatable bonds is 6. The number of carboxylic acid groups (broad SMARTS) is 1. The molecule has 0 aromatic heterocycles. The third kappa shape index (κ3) is 11.1. The predicted molar refractivity (Wildman–Crippen MR) is 83.1 cm³/mol. The molecule has 21 heavy (non-hydrogen) atoms. The molecule has 6 nitrogen and oxygen atoms in total. The Morgan fingerprint density at radius 1 is 1.38 bits per heavy atom. The fourth-order valence-electron chi connectivity index (χ4n) is 1.66. The Morgan fingerprint density at radius 2 is 2.10 bits per heavy atom. The van der Waals surface area contributed by atoms with Gasteiger partial charge in [0.2, 0.25) is 10.0 Å². The Bertz CT molecular complexity index is 445. The Hall–Kier alpha value is -1.26. The van der Waals surface area contributed by atoms with Crippen LogP contribution in [0.4, 0.5) is 0 Å². The van der Waals surface area contributed by atoms with E-state index in [1.807, 2.05) is 13.8 Å². The molecule has 1 heterocycles. The largest absolute Gasteiger partial charge is 0.481 e. The lowest BCUT2D eigenvalue weighted by Crippen LogP contribution is -2.21. The van der Waals surface area contributed by atoms with Crippen LogP contribution in [0.3, 0.4) is 0 Å². The van der Waals surface area contributed by atoms with Crippen molar-refractivity contribution in [3.05, 3.63) is 0 Å². The summed E-state index contributed by atoms with van der Waals surface area (Å²) in [4.78, 5) is 10.2. The molecule has 3 N–H and O–H groups in total. The monoisotopic (exact) mass is 318 g/mol. The topological polar surface area (TPSA) is 95.5 Å². The quantitative estimate of drug-likeness (QED) is 0.388. The van der Waals surface area contributed by atoms with E-state index in [0.717, 1.165) is 25.8 Å². The van der Waals surface area contributed by atoms with Crippen LogP contribution < -0.4 is 10.0 Å². The highest BCUT2D eigenvalue weighted by atomic mass is 32.2. The molecule has 1 saturated heterocycles. The summed E-state index contributed by atoms with van der Waals surface area (Å²) in [6.45, 7) is 5.42. The van der Waals surface area contributed by atoms with Gasteiger partial charge in [0.1, 0.15) is 0 Å². The number of hydrogen-bond donors (Lipinski definition) is 3. The van der Waals surface area contributed by atoms with Gasteiger partial charge in [-0.2, -0.15) is 0 Å². The van der Waals surface area contributed by atoms with Crippen LogP contribution in [0.2, 0.25) is 0 Å². The van der Waals surface area contributed by atoms with Crippen molar-refractivity contribution < 1.29 is 18.3 Å². The van der Waals surface area contributed by atoms with Gasteiger partial charge in [0.05, 0.1) is 11.7 Å². The molecule has 0 bridgehead atoms. The fourth-order valence-corrected chi connectivity index (χ4v) is 2.57. The van der Waals surface area contributed by atoms with Gasteiger partial charge in [-0.25, -0.2) is 13.1 Å². The van der Waals surface area contributed by atoms with Crippen LogP contribution in [0, 0.1) is 17.9 Å². The van der Waals surface area contributed by atoms with Gasteiger partial charge >= 0.3 is 5.97 Å². The first-order valence-electron chi connectivity index (χ1n) is 7.33. The molecule has 0 radical (unpaired) electrons. The highest BCUT2D eigenvalue weighted by Crippen LogP contribution is 2.05. The summed E-state index contributed by atoms with van der Waals surface area (Å²) in [6, 6.07) is 2.41. The second-order valence-electron chi connectivity index (χ2n) is 4.81. The van der Waals surface area contributed by atoms with Crippen molar-refractivity contribution in [3.63, 3.8) is 0 Å². The third-order valence-corrected chi connectivity index (χ3v) is 4.14.